The van der Waals surface area contributed by atoms with E-state index in [1.807, 2.05) is 0 Å². The summed E-state index contributed by atoms with van der Waals surface area (Å²) in [6.45, 7) is -0.222. The molecule has 2 aromatic carbocycles. The van der Waals surface area contributed by atoms with Gasteiger partial charge in [-0.05, 0) is 29.9 Å². The molecule has 9 nitrogen and oxygen atoms in total. The Morgan fingerprint density at radius 3 is 2.30 bits per heavy atom. The highest BCUT2D eigenvalue weighted by Crippen LogP contribution is 2.13. The van der Waals surface area contributed by atoms with Gasteiger partial charge in [-0.25, -0.2) is 5.48 Å². The van der Waals surface area contributed by atoms with Crippen LogP contribution in [0, 0.1) is 10.1 Å². The van der Waals surface area contributed by atoms with Crippen LogP contribution in [0.4, 0.5) is 5.69 Å². The number of carbonyl (C=O) groups is 2. The average Bonchev–Trinajstić information content (AvgIpc) is 2.68. The zero-order valence-corrected chi connectivity index (χ0v) is 14.8. The van der Waals surface area contributed by atoms with Crippen LogP contribution in [0.15, 0.2) is 54.6 Å². The van der Waals surface area contributed by atoms with Gasteiger partial charge in [0.05, 0.1) is 4.92 Å². The van der Waals surface area contributed by atoms with Crippen LogP contribution in [0.2, 0.25) is 0 Å². The summed E-state index contributed by atoms with van der Waals surface area (Å²) in [5.41, 5.74) is 2.45. The fourth-order valence-electron chi connectivity index (χ4n) is 2.19. The van der Waals surface area contributed by atoms with Crippen LogP contribution in [0.3, 0.4) is 0 Å². The van der Waals surface area contributed by atoms with Gasteiger partial charge in [-0.3, -0.25) is 30.2 Å². The number of nitro groups is 1. The number of hydroxylamine groups is 1. The third kappa shape index (κ3) is 5.83. The molecule has 2 aromatic rings. The standard InChI is InChI=1S/C17H16N4O5S/c22-15(19-24)11-20(10-12-6-8-14(9-7-12)21(25)26)17(27)18-16(23)13-4-2-1-3-5-13/h1-9,24H,10-11H2,(H,19,22)(H,18,23,27). The Balaban J connectivity index is 2.12. The Hall–Kier alpha value is -3.37. The average molecular weight is 388 g/mol. The minimum Gasteiger partial charge on any atom is -0.335 e. The lowest BCUT2D eigenvalue weighted by Gasteiger charge is -2.24. The van der Waals surface area contributed by atoms with Crippen molar-refractivity contribution < 1.29 is 19.7 Å². The van der Waals surface area contributed by atoms with Gasteiger partial charge in [0.1, 0.15) is 6.54 Å². The molecule has 0 aliphatic heterocycles. The van der Waals surface area contributed by atoms with Gasteiger partial charge < -0.3 is 4.90 Å². The molecular weight excluding hydrogens is 372 g/mol. The third-order valence-corrected chi connectivity index (χ3v) is 3.88. The molecule has 0 unspecified atom stereocenters. The molecule has 0 aliphatic rings. The number of nitrogens with zero attached hydrogens (tertiary/aromatic N) is 2. The molecule has 0 atom stereocenters. The Kier molecular flexibility index (Phi) is 6.92. The van der Waals surface area contributed by atoms with Gasteiger partial charge in [0, 0.05) is 24.2 Å². The largest absolute Gasteiger partial charge is 0.335 e. The molecule has 0 heterocycles. The van der Waals surface area contributed by atoms with E-state index in [-0.39, 0.29) is 23.9 Å². The van der Waals surface area contributed by atoms with Crippen molar-refractivity contribution in [2.45, 2.75) is 6.54 Å². The second kappa shape index (κ2) is 9.36. The smallest absolute Gasteiger partial charge is 0.269 e. The van der Waals surface area contributed by atoms with Crippen molar-refractivity contribution in [1.29, 1.82) is 0 Å². The SMILES string of the molecule is O=C(CN(Cc1ccc([N+](=O)[O-])cc1)C(=S)NC(=O)c1ccccc1)NO. The maximum absolute atomic E-state index is 12.2. The fourth-order valence-corrected chi connectivity index (χ4v) is 2.41. The molecule has 27 heavy (non-hydrogen) atoms. The van der Waals surface area contributed by atoms with Crippen LogP contribution in [0.1, 0.15) is 15.9 Å². The topological polar surface area (TPSA) is 125 Å². The van der Waals surface area contributed by atoms with Crippen molar-refractivity contribution in [3.8, 4) is 0 Å². The summed E-state index contributed by atoms with van der Waals surface area (Å²) in [5, 5.41) is 22.0. The van der Waals surface area contributed by atoms with Gasteiger partial charge in [0.2, 0.25) is 0 Å². The first-order chi connectivity index (χ1) is 12.9. The van der Waals surface area contributed by atoms with E-state index in [2.05, 4.69) is 5.32 Å². The lowest BCUT2D eigenvalue weighted by Crippen LogP contribution is -2.46. The zero-order valence-electron chi connectivity index (χ0n) is 14.0. The van der Waals surface area contributed by atoms with E-state index in [1.165, 1.54) is 34.6 Å². The van der Waals surface area contributed by atoms with Crippen LogP contribution < -0.4 is 10.8 Å². The molecule has 0 spiro atoms. The zero-order chi connectivity index (χ0) is 19.8. The number of non-ortho nitro benzene ring substituents is 1. The van der Waals surface area contributed by atoms with E-state index in [9.17, 15) is 19.7 Å². The summed E-state index contributed by atoms with van der Waals surface area (Å²) in [5.74, 6) is -1.17. The number of benzene rings is 2. The first kappa shape index (κ1) is 19.9. The molecule has 0 aliphatic carbocycles. The molecule has 10 heteroatoms. The summed E-state index contributed by atoms with van der Waals surface area (Å²) in [7, 11) is 0. The Labute approximate surface area is 159 Å². The van der Waals surface area contributed by atoms with Gasteiger partial charge in [-0.1, -0.05) is 30.3 Å². The number of nitrogens with one attached hydrogen (secondary N) is 2. The summed E-state index contributed by atoms with van der Waals surface area (Å²) in [6, 6.07) is 14.1. The number of thiocarbonyl (C=S) groups is 1. The van der Waals surface area contributed by atoms with Gasteiger partial charge >= 0.3 is 0 Å². The van der Waals surface area contributed by atoms with Crippen molar-refractivity contribution in [1.82, 2.24) is 15.7 Å². The van der Waals surface area contributed by atoms with Crippen LogP contribution in [0.5, 0.6) is 0 Å². The molecule has 0 saturated heterocycles. The highest BCUT2D eigenvalue weighted by Gasteiger charge is 2.18. The number of carbonyl (C=O) groups excluding carboxylic acids is 2. The number of hydrogen-bond acceptors (Lipinski definition) is 6. The van der Waals surface area contributed by atoms with E-state index >= 15 is 0 Å². The Bertz CT molecular complexity index is 842. The first-order valence-corrected chi connectivity index (χ1v) is 8.13. The second-order valence-electron chi connectivity index (χ2n) is 5.44. The van der Waals surface area contributed by atoms with Crippen molar-refractivity contribution in [2.24, 2.45) is 0 Å². The van der Waals surface area contributed by atoms with Crippen molar-refractivity contribution in [3.05, 3.63) is 75.8 Å². The van der Waals surface area contributed by atoms with Crippen LogP contribution in [-0.4, -0.2) is 38.5 Å². The molecular formula is C17H16N4O5S. The summed E-state index contributed by atoms with van der Waals surface area (Å²) in [6.07, 6.45) is 0. The maximum Gasteiger partial charge on any atom is 0.269 e. The minimum atomic E-state index is -0.728. The normalized spacial score (nSPS) is 9.96. The van der Waals surface area contributed by atoms with E-state index in [1.54, 1.807) is 30.3 Å². The van der Waals surface area contributed by atoms with Crippen molar-refractivity contribution >= 4 is 34.8 Å². The van der Waals surface area contributed by atoms with E-state index in [0.717, 1.165) is 0 Å². The second-order valence-corrected chi connectivity index (χ2v) is 5.83. The molecule has 2 rings (SSSR count). The molecule has 0 bridgehead atoms. The van der Waals surface area contributed by atoms with Crippen molar-refractivity contribution in [2.75, 3.05) is 6.54 Å². The lowest BCUT2D eigenvalue weighted by atomic mass is 10.2. The van der Waals surface area contributed by atoms with E-state index in [4.69, 9.17) is 17.4 Å². The third-order valence-electron chi connectivity index (χ3n) is 3.52. The first-order valence-electron chi connectivity index (χ1n) is 7.72. The molecule has 0 saturated carbocycles. The monoisotopic (exact) mass is 388 g/mol. The highest BCUT2D eigenvalue weighted by atomic mass is 32.1. The number of nitro benzene ring substituents is 1. The van der Waals surface area contributed by atoms with Gasteiger partial charge in [0.15, 0.2) is 5.11 Å². The molecule has 2 amide bonds. The van der Waals surface area contributed by atoms with Gasteiger partial charge in [0.25, 0.3) is 17.5 Å². The highest BCUT2D eigenvalue weighted by molar-refractivity contribution is 7.80. The molecule has 0 aromatic heterocycles. The summed E-state index contributed by atoms with van der Waals surface area (Å²) in [4.78, 5) is 35.3. The molecule has 140 valence electrons. The molecule has 0 radical (unpaired) electrons. The molecule has 3 N–H and O–H groups in total. The quantitative estimate of drug-likeness (QED) is 0.297. The van der Waals surface area contributed by atoms with Gasteiger partial charge in [-0.15, -0.1) is 0 Å². The Morgan fingerprint density at radius 1 is 1.11 bits per heavy atom. The number of amides is 2. The number of hydrogen-bond donors (Lipinski definition) is 3. The fraction of sp³-hybridized carbons (Fsp3) is 0.118. The molecule has 0 fully saturated rings. The van der Waals surface area contributed by atoms with Gasteiger partial charge in [-0.2, -0.15) is 0 Å². The predicted molar refractivity (Wildman–Crippen MR) is 99.9 cm³/mol. The summed E-state index contributed by atoms with van der Waals surface area (Å²) >= 11 is 5.21. The van der Waals surface area contributed by atoms with Crippen LogP contribution in [-0.2, 0) is 11.3 Å². The van der Waals surface area contributed by atoms with Crippen LogP contribution in [0.25, 0.3) is 0 Å². The Morgan fingerprint density at radius 2 is 1.74 bits per heavy atom. The minimum absolute atomic E-state index is 0.0224. The van der Waals surface area contributed by atoms with Crippen LogP contribution >= 0.6 is 12.2 Å². The predicted octanol–water partition coefficient (Wildman–Crippen LogP) is 1.62. The van der Waals surface area contributed by atoms with E-state index < -0.39 is 16.7 Å². The lowest BCUT2D eigenvalue weighted by molar-refractivity contribution is -0.384. The summed E-state index contributed by atoms with van der Waals surface area (Å²) < 4.78 is 0. The maximum atomic E-state index is 12.2. The van der Waals surface area contributed by atoms with Crippen molar-refractivity contribution in [3.63, 3.8) is 0 Å². The van der Waals surface area contributed by atoms with E-state index in [0.29, 0.717) is 11.1 Å². The number of rotatable bonds is 6.